The van der Waals surface area contributed by atoms with E-state index in [-0.39, 0.29) is 5.91 Å². The van der Waals surface area contributed by atoms with Gasteiger partial charge in [-0.2, -0.15) is 0 Å². The highest BCUT2D eigenvalue weighted by Gasteiger charge is 2.41. The molecule has 1 amide bonds. The number of nitrogens with one attached hydrogen (secondary N) is 1. The van der Waals surface area contributed by atoms with Crippen molar-refractivity contribution in [1.82, 2.24) is 10.3 Å². The zero-order valence-electron chi connectivity index (χ0n) is 11.2. The summed E-state index contributed by atoms with van der Waals surface area (Å²) in [6.07, 6.45) is 5.28. The van der Waals surface area contributed by atoms with Crippen molar-refractivity contribution in [3.05, 3.63) is 42.1 Å². The minimum Gasteiger partial charge on any atom is -0.351 e. The van der Waals surface area contributed by atoms with Gasteiger partial charge in [0.1, 0.15) is 0 Å². The number of rotatable bonds is 5. The van der Waals surface area contributed by atoms with Crippen LogP contribution in [0.3, 0.4) is 0 Å². The van der Waals surface area contributed by atoms with Gasteiger partial charge in [-0.3, -0.25) is 9.78 Å². The lowest BCUT2D eigenvalue weighted by Gasteiger charge is -2.15. The first-order chi connectivity index (χ1) is 9.74. The number of amides is 1. The van der Waals surface area contributed by atoms with Crippen LogP contribution in [0.5, 0.6) is 0 Å². The van der Waals surface area contributed by atoms with E-state index in [1.54, 1.807) is 6.20 Å². The Labute approximate surface area is 126 Å². The molecule has 0 unspecified atom stereocenters. The van der Waals surface area contributed by atoms with Gasteiger partial charge in [0.05, 0.1) is 11.1 Å². The maximum Gasteiger partial charge on any atom is 0.253 e. The molecule has 1 saturated carbocycles. The van der Waals surface area contributed by atoms with Crippen LogP contribution >= 0.6 is 15.9 Å². The minimum absolute atomic E-state index is 0.0184. The molecule has 104 valence electrons. The fraction of sp³-hybridized carbons (Fsp3) is 0.375. The fourth-order valence-electron chi connectivity index (χ4n) is 2.54. The summed E-state index contributed by atoms with van der Waals surface area (Å²) in [5, 5.41) is 5.08. The molecule has 0 radical (unpaired) electrons. The molecule has 1 aromatic heterocycles. The molecule has 0 saturated heterocycles. The predicted molar refractivity (Wildman–Crippen MR) is 84.2 cm³/mol. The zero-order valence-corrected chi connectivity index (χ0v) is 12.8. The average molecular weight is 333 g/mol. The number of para-hydroxylation sites is 1. The molecule has 0 aliphatic heterocycles. The summed E-state index contributed by atoms with van der Waals surface area (Å²) in [5.41, 5.74) is 1.77. The lowest BCUT2D eigenvalue weighted by atomic mass is 10.0. The maximum absolute atomic E-state index is 12.4. The summed E-state index contributed by atoms with van der Waals surface area (Å²) in [5.74, 6) is -0.0184. The number of fused-ring (bicyclic) bond motifs is 1. The van der Waals surface area contributed by atoms with Crippen LogP contribution in [0.1, 0.15) is 29.6 Å². The first-order valence-corrected chi connectivity index (χ1v) is 8.04. The molecule has 1 aliphatic rings. The number of alkyl halides is 1. The molecule has 0 bridgehead atoms. The second-order valence-electron chi connectivity index (χ2n) is 5.50. The third-order valence-corrected chi connectivity index (χ3v) is 4.48. The van der Waals surface area contributed by atoms with Crippen molar-refractivity contribution >= 4 is 32.7 Å². The van der Waals surface area contributed by atoms with Crippen molar-refractivity contribution in [2.24, 2.45) is 5.41 Å². The summed E-state index contributed by atoms with van der Waals surface area (Å²) in [6.45, 7) is 0.765. The number of halogens is 1. The Balaban J connectivity index is 1.76. The fourth-order valence-corrected chi connectivity index (χ4v) is 3.38. The molecule has 4 heteroatoms. The van der Waals surface area contributed by atoms with Gasteiger partial charge in [0.25, 0.3) is 5.91 Å². The molecule has 1 N–H and O–H groups in total. The molecule has 3 nitrogen and oxygen atoms in total. The highest BCUT2D eigenvalue weighted by atomic mass is 79.9. The minimum atomic E-state index is -0.0184. The molecule has 1 aliphatic carbocycles. The topological polar surface area (TPSA) is 42.0 Å². The Kier molecular flexibility index (Phi) is 3.74. The number of nitrogens with zero attached hydrogens (tertiary/aromatic N) is 1. The first kappa shape index (κ1) is 13.6. The van der Waals surface area contributed by atoms with Crippen molar-refractivity contribution in [3.8, 4) is 0 Å². The van der Waals surface area contributed by atoms with Gasteiger partial charge < -0.3 is 5.32 Å². The first-order valence-electron chi connectivity index (χ1n) is 6.92. The highest BCUT2D eigenvalue weighted by Crippen LogP contribution is 2.48. The molecule has 1 aromatic carbocycles. The molecule has 2 aromatic rings. The van der Waals surface area contributed by atoms with Crippen molar-refractivity contribution in [2.45, 2.75) is 19.3 Å². The van der Waals surface area contributed by atoms with Gasteiger partial charge >= 0.3 is 0 Å². The maximum atomic E-state index is 12.4. The molecule has 3 rings (SSSR count). The van der Waals surface area contributed by atoms with Gasteiger partial charge in [-0.25, -0.2) is 0 Å². The SMILES string of the molecule is O=C(NCC1(CCBr)CC1)c1cccc2cccnc12. The number of pyridine rings is 1. The van der Waals surface area contributed by atoms with Crippen LogP contribution in [-0.2, 0) is 0 Å². The number of carbonyl (C=O) groups excluding carboxylic acids is 1. The van der Waals surface area contributed by atoms with Gasteiger partial charge in [-0.15, -0.1) is 0 Å². The summed E-state index contributed by atoms with van der Waals surface area (Å²) in [4.78, 5) is 16.7. The number of carbonyl (C=O) groups is 1. The van der Waals surface area contributed by atoms with Gasteiger partial charge in [-0.1, -0.05) is 34.1 Å². The van der Waals surface area contributed by atoms with E-state index in [2.05, 4.69) is 26.2 Å². The predicted octanol–water partition coefficient (Wildman–Crippen LogP) is 3.53. The van der Waals surface area contributed by atoms with Gasteiger partial charge in [-0.05, 0) is 36.8 Å². The van der Waals surface area contributed by atoms with Crippen LogP contribution in [0.15, 0.2) is 36.5 Å². The van der Waals surface area contributed by atoms with E-state index < -0.39 is 0 Å². The van der Waals surface area contributed by atoms with E-state index in [0.717, 1.165) is 29.2 Å². The number of benzene rings is 1. The summed E-state index contributed by atoms with van der Waals surface area (Å²) >= 11 is 3.49. The van der Waals surface area contributed by atoms with Crippen LogP contribution in [0, 0.1) is 5.41 Å². The molecule has 0 spiro atoms. The molecule has 0 atom stereocenters. The van der Waals surface area contributed by atoms with E-state index in [0.29, 0.717) is 11.0 Å². The van der Waals surface area contributed by atoms with E-state index in [9.17, 15) is 4.79 Å². The quantitative estimate of drug-likeness (QED) is 0.851. The molecule has 1 fully saturated rings. The third kappa shape index (κ3) is 2.70. The monoisotopic (exact) mass is 332 g/mol. The van der Waals surface area contributed by atoms with Gasteiger partial charge in [0, 0.05) is 23.5 Å². The number of aromatic nitrogens is 1. The normalized spacial score (nSPS) is 16.1. The second kappa shape index (κ2) is 5.52. The second-order valence-corrected chi connectivity index (χ2v) is 6.30. The van der Waals surface area contributed by atoms with E-state index in [1.807, 2.05) is 30.3 Å². The van der Waals surface area contributed by atoms with E-state index >= 15 is 0 Å². The summed E-state index contributed by atoms with van der Waals surface area (Å²) in [6, 6.07) is 9.59. The van der Waals surface area contributed by atoms with Gasteiger partial charge in [0.2, 0.25) is 0 Å². The van der Waals surface area contributed by atoms with E-state index in [4.69, 9.17) is 0 Å². The molecular weight excluding hydrogens is 316 g/mol. The van der Waals surface area contributed by atoms with E-state index in [1.165, 1.54) is 12.8 Å². The Morgan fingerprint density at radius 2 is 2.10 bits per heavy atom. The third-order valence-electron chi connectivity index (χ3n) is 4.08. The number of hydrogen-bond donors (Lipinski definition) is 1. The molecule has 1 heterocycles. The summed E-state index contributed by atoms with van der Waals surface area (Å²) in [7, 11) is 0. The molecule has 20 heavy (non-hydrogen) atoms. The Morgan fingerprint density at radius 1 is 1.30 bits per heavy atom. The standard InChI is InChI=1S/C16H17BrN2O/c17-9-8-16(6-7-16)11-19-15(20)13-5-1-3-12-4-2-10-18-14(12)13/h1-5,10H,6-9,11H2,(H,19,20). The van der Waals surface area contributed by atoms with Crippen molar-refractivity contribution in [1.29, 1.82) is 0 Å². The lowest BCUT2D eigenvalue weighted by Crippen LogP contribution is -2.30. The lowest BCUT2D eigenvalue weighted by molar-refractivity contribution is 0.0946. The highest BCUT2D eigenvalue weighted by molar-refractivity contribution is 9.09. The summed E-state index contributed by atoms with van der Waals surface area (Å²) < 4.78 is 0. The van der Waals surface area contributed by atoms with Crippen LogP contribution in [0.25, 0.3) is 10.9 Å². The smallest absolute Gasteiger partial charge is 0.253 e. The van der Waals surface area contributed by atoms with Crippen molar-refractivity contribution < 1.29 is 4.79 Å². The largest absolute Gasteiger partial charge is 0.351 e. The van der Waals surface area contributed by atoms with Crippen LogP contribution < -0.4 is 5.32 Å². The Bertz CT molecular complexity index is 632. The van der Waals surface area contributed by atoms with Crippen LogP contribution in [0.4, 0.5) is 0 Å². The molecular formula is C16H17BrN2O. The number of hydrogen-bond acceptors (Lipinski definition) is 2. The van der Waals surface area contributed by atoms with Crippen LogP contribution in [-0.4, -0.2) is 22.8 Å². The van der Waals surface area contributed by atoms with Crippen molar-refractivity contribution in [3.63, 3.8) is 0 Å². The zero-order chi connectivity index (χ0) is 14.0. The van der Waals surface area contributed by atoms with Crippen LogP contribution in [0.2, 0.25) is 0 Å². The Hall–Kier alpha value is -1.42. The van der Waals surface area contributed by atoms with Gasteiger partial charge in [0.15, 0.2) is 0 Å². The average Bonchev–Trinajstić information content (AvgIpc) is 3.25. The Morgan fingerprint density at radius 3 is 2.85 bits per heavy atom. The van der Waals surface area contributed by atoms with Crippen molar-refractivity contribution in [2.75, 3.05) is 11.9 Å².